The molecule has 2 aromatic carbocycles. The highest BCUT2D eigenvalue weighted by Gasteiger charge is 2.26. The van der Waals surface area contributed by atoms with E-state index in [1.807, 2.05) is 20.8 Å². The SMILES string of the molecule is CC1CCC(CC(=O)c2cc(NC(=O)c3cc(CNC(=O)C(C)(C)C)ccc3Cl)ccc2OCC2CC2)CC1. The lowest BCUT2D eigenvalue weighted by atomic mass is 9.80. The second kappa shape index (κ2) is 12.5. The number of carbonyl (C=O) groups excluding carboxylic acids is 3. The van der Waals surface area contributed by atoms with E-state index in [0.717, 1.165) is 37.2 Å². The third kappa shape index (κ3) is 8.31. The van der Waals surface area contributed by atoms with Crippen molar-refractivity contribution in [1.29, 1.82) is 0 Å². The number of ketones is 1. The maximum absolute atomic E-state index is 13.4. The Balaban J connectivity index is 1.48. The minimum absolute atomic E-state index is 0.0612. The second-order valence-corrected chi connectivity index (χ2v) is 12.8. The molecule has 2 fully saturated rings. The van der Waals surface area contributed by atoms with Crippen molar-refractivity contribution in [2.24, 2.45) is 23.2 Å². The molecular formula is C32H41ClN2O4. The molecule has 6 nitrogen and oxygen atoms in total. The van der Waals surface area contributed by atoms with Gasteiger partial charge in [0.15, 0.2) is 5.78 Å². The zero-order valence-electron chi connectivity index (χ0n) is 23.6. The van der Waals surface area contributed by atoms with Crippen molar-refractivity contribution in [2.45, 2.75) is 79.2 Å². The van der Waals surface area contributed by atoms with Crippen molar-refractivity contribution < 1.29 is 19.1 Å². The molecule has 0 saturated heterocycles. The van der Waals surface area contributed by atoms with Crippen molar-refractivity contribution in [3.63, 3.8) is 0 Å². The first-order valence-corrected chi connectivity index (χ1v) is 14.6. The molecule has 39 heavy (non-hydrogen) atoms. The number of amides is 2. The fraction of sp³-hybridized carbons (Fsp3) is 0.531. The highest BCUT2D eigenvalue weighted by Crippen LogP contribution is 2.35. The first-order chi connectivity index (χ1) is 18.5. The van der Waals surface area contributed by atoms with E-state index in [1.165, 1.54) is 12.8 Å². The number of carbonyl (C=O) groups is 3. The van der Waals surface area contributed by atoms with Crippen LogP contribution >= 0.6 is 11.6 Å². The average Bonchev–Trinajstić information content (AvgIpc) is 3.72. The van der Waals surface area contributed by atoms with Crippen LogP contribution in [0.1, 0.15) is 98.9 Å². The molecule has 2 amide bonds. The molecule has 7 heteroatoms. The summed E-state index contributed by atoms with van der Waals surface area (Å²) in [6.07, 6.45) is 7.31. The van der Waals surface area contributed by atoms with Crippen molar-refractivity contribution in [1.82, 2.24) is 5.32 Å². The van der Waals surface area contributed by atoms with E-state index in [0.29, 0.717) is 59.0 Å². The largest absolute Gasteiger partial charge is 0.493 e. The molecule has 0 atom stereocenters. The summed E-state index contributed by atoms with van der Waals surface area (Å²) in [4.78, 5) is 38.9. The molecule has 2 N–H and O–H groups in total. The Morgan fingerprint density at radius 3 is 2.28 bits per heavy atom. The lowest BCUT2D eigenvalue weighted by molar-refractivity contribution is -0.128. The van der Waals surface area contributed by atoms with Crippen LogP contribution in [0.4, 0.5) is 5.69 Å². The minimum Gasteiger partial charge on any atom is -0.493 e. The summed E-state index contributed by atoms with van der Waals surface area (Å²) in [6, 6.07) is 10.4. The molecule has 0 unspecified atom stereocenters. The van der Waals surface area contributed by atoms with Crippen LogP contribution in [0.5, 0.6) is 5.75 Å². The van der Waals surface area contributed by atoms with Gasteiger partial charge in [0.2, 0.25) is 5.91 Å². The normalized spacial score (nSPS) is 19.3. The van der Waals surface area contributed by atoms with E-state index in [-0.39, 0.29) is 17.6 Å². The molecule has 0 aromatic heterocycles. The van der Waals surface area contributed by atoms with Crippen LogP contribution < -0.4 is 15.4 Å². The lowest BCUT2D eigenvalue weighted by Gasteiger charge is -2.25. The standard InChI is InChI=1S/C32H41ClN2O4/c1-20-5-7-21(8-6-20)16-28(36)26-17-24(12-14-29(26)39-19-22-9-10-22)35-30(37)25-15-23(11-13-27(25)33)18-34-31(38)32(2,3)4/h11-15,17,20-22H,5-10,16,18-19H2,1-4H3,(H,34,38)(H,35,37). The van der Waals surface area contributed by atoms with Gasteiger partial charge in [-0.25, -0.2) is 0 Å². The van der Waals surface area contributed by atoms with Gasteiger partial charge in [-0.2, -0.15) is 0 Å². The molecule has 2 saturated carbocycles. The Bertz CT molecular complexity index is 1210. The number of hydrogen-bond donors (Lipinski definition) is 2. The predicted molar refractivity (Wildman–Crippen MR) is 155 cm³/mol. The smallest absolute Gasteiger partial charge is 0.257 e. The van der Waals surface area contributed by atoms with E-state index >= 15 is 0 Å². The fourth-order valence-electron chi connectivity index (χ4n) is 4.85. The summed E-state index contributed by atoms with van der Waals surface area (Å²) in [6.45, 7) is 8.72. The summed E-state index contributed by atoms with van der Waals surface area (Å²) in [7, 11) is 0. The summed E-state index contributed by atoms with van der Waals surface area (Å²) >= 11 is 6.37. The van der Waals surface area contributed by atoms with Crippen molar-refractivity contribution >= 4 is 34.9 Å². The monoisotopic (exact) mass is 552 g/mol. The van der Waals surface area contributed by atoms with E-state index in [1.54, 1.807) is 36.4 Å². The maximum atomic E-state index is 13.4. The Labute approximate surface area is 237 Å². The van der Waals surface area contributed by atoms with Gasteiger partial charge >= 0.3 is 0 Å². The zero-order valence-corrected chi connectivity index (χ0v) is 24.3. The molecule has 0 radical (unpaired) electrons. The van der Waals surface area contributed by atoms with Crippen LogP contribution in [-0.2, 0) is 11.3 Å². The number of halogens is 1. The van der Waals surface area contributed by atoms with Crippen LogP contribution in [0, 0.1) is 23.2 Å². The molecular weight excluding hydrogens is 512 g/mol. The summed E-state index contributed by atoms with van der Waals surface area (Å²) < 4.78 is 6.05. The van der Waals surface area contributed by atoms with Gasteiger partial charge in [-0.05, 0) is 79.3 Å². The maximum Gasteiger partial charge on any atom is 0.257 e. The Morgan fingerprint density at radius 2 is 1.62 bits per heavy atom. The van der Waals surface area contributed by atoms with Gasteiger partial charge < -0.3 is 15.4 Å². The van der Waals surface area contributed by atoms with Gasteiger partial charge in [0.25, 0.3) is 5.91 Å². The topological polar surface area (TPSA) is 84.5 Å². The van der Waals surface area contributed by atoms with Gasteiger partial charge in [-0.1, -0.05) is 58.2 Å². The number of nitrogens with one attached hydrogen (secondary N) is 2. The van der Waals surface area contributed by atoms with Crippen molar-refractivity contribution in [2.75, 3.05) is 11.9 Å². The van der Waals surface area contributed by atoms with Crippen LogP contribution in [0.3, 0.4) is 0 Å². The Hall–Kier alpha value is -2.86. The third-order valence-corrected chi connectivity index (χ3v) is 8.06. The summed E-state index contributed by atoms with van der Waals surface area (Å²) in [5.41, 5.74) is 1.60. The molecule has 210 valence electrons. The van der Waals surface area contributed by atoms with Gasteiger partial charge in [0.05, 0.1) is 22.8 Å². The summed E-state index contributed by atoms with van der Waals surface area (Å²) in [5, 5.41) is 6.11. The number of benzene rings is 2. The van der Waals surface area contributed by atoms with Crippen LogP contribution in [0.15, 0.2) is 36.4 Å². The van der Waals surface area contributed by atoms with Crippen LogP contribution in [-0.4, -0.2) is 24.2 Å². The number of hydrogen-bond acceptors (Lipinski definition) is 4. The third-order valence-electron chi connectivity index (χ3n) is 7.73. The molecule has 0 heterocycles. The highest BCUT2D eigenvalue weighted by atomic mass is 35.5. The Kier molecular flexibility index (Phi) is 9.37. The van der Waals surface area contributed by atoms with Gasteiger partial charge in [0.1, 0.15) is 5.75 Å². The second-order valence-electron chi connectivity index (χ2n) is 12.4. The summed E-state index contributed by atoms with van der Waals surface area (Å²) in [5.74, 6) is 1.88. The Morgan fingerprint density at radius 1 is 0.923 bits per heavy atom. The van der Waals surface area contributed by atoms with Crippen molar-refractivity contribution in [3.05, 3.63) is 58.1 Å². The minimum atomic E-state index is -0.508. The van der Waals surface area contributed by atoms with E-state index in [4.69, 9.17) is 16.3 Å². The van der Waals surface area contributed by atoms with Gasteiger partial charge in [0, 0.05) is 24.1 Å². The van der Waals surface area contributed by atoms with Crippen LogP contribution in [0.25, 0.3) is 0 Å². The molecule has 0 bridgehead atoms. The van der Waals surface area contributed by atoms with Crippen LogP contribution in [0.2, 0.25) is 5.02 Å². The zero-order chi connectivity index (χ0) is 28.2. The van der Waals surface area contributed by atoms with Crippen molar-refractivity contribution in [3.8, 4) is 5.75 Å². The number of rotatable bonds is 10. The van der Waals surface area contributed by atoms with E-state index in [9.17, 15) is 14.4 Å². The number of ether oxygens (including phenoxy) is 1. The van der Waals surface area contributed by atoms with Gasteiger partial charge in [-0.3, -0.25) is 14.4 Å². The molecule has 0 aliphatic heterocycles. The van der Waals surface area contributed by atoms with Gasteiger partial charge in [-0.15, -0.1) is 0 Å². The first kappa shape index (κ1) is 29.1. The number of anilines is 1. The molecule has 4 rings (SSSR count). The van der Waals surface area contributed by atoms with E-state index < -0.39 is 5.41 Å². The lowest BCUT2D eigenvalue weighted by Crippen LogP contribution is -2.34. The quantitative estimate of drug-likeness (QED) is 0.300. The molecule has 0 spiro atoms. The first-order valence-electron chi connectivity index (χ1n) is 14.2. The average molecular weight is 553 g/mol. The molecule has 2 aliphatic rings. The molecule has 2 aromatic rings. The fourth-order valence-corrected chi connectivity index (χ4v) is 5.05. The number of Topliss-reactive ketones (excluding diaryl/α,β-unsaturated/α-hetero) is 1. The highest BCUT2D eigenvalue weighted by molar-refractivity contribution is 6.34. The predicted octanol–water partition coefficient (Wildman–Crippen LogP) is 7.44. The molecule has 2 aliphatic carbocycles. The van der Waals surface area contributed by atoms with E-state index in [2.05, 4.69) is 17.6 Å².